The molecule has 0 spiro atoms. The van der Waals surface area contributed by atoms with Gasteiger partial charge in [0.05, 0.1) is 17.4 Å². The fraction of sp³-hybridized carbons (Fsp3) is 0.480. The van der Waals surface area contributed by atoms with Gasteiger partial charge in [-0.3, -0.25) is 14.3 Å². The molecule has 1 aliphatic rings. The number of aryl methyl sites for hydroxylation is 1. The van der Waals surface area contributed by atoms with E-state index in [1.807, 2.05) is 28.8 Å². The van der Waals surface area contributed by atoms with Gasteiger partial charge in [-0.1, -0.05) is 32.9 Å². The van der Waals surface area contributed by atoms with E-state index in [1.165, 1.54) is 17.7 Å². The Morgan fingerprint density at radius 3 is 2.90 bits per heavy atom. The highest BCUT2D eigenvalue weighted by molar-refractivity contribution is 5.48. The largest absolute Gasteiger partial charge is 0.385 e. The van der Waals surface area contributed by atoms with E-state index in [2.05, 4.69) is 50.4 Å². The van der Waals surface area contributed by atoms with Gasteiger partial charge in [-0.2, -0.15) is 0 Å². The number of aromatic nitrogens is 3. The van der Waals surface area contributed by atoms with Crippen LogP contribution < -0.4 is 5.73 Å². The summed E-state index contributed by atoms with van der Waals surface area (Å²) in [6.45, 7) is 8.67. The van der Waals surface area contributed by atoms with Crippen LogP contribution >= 0.6 is 0 Å². The monoisotopic (exact) mass is 404 g/mol. The van der Waals surface area contributed by atoms with Gasteiger partial charge in [0.1, 0.15) is 11.5 Å². The molecule has 0 bridgehead atoms. The number of rotatable bonds is 7. The van der Waals surface area contributed by atoms with Gasteiger partial charge >= 0.3 is 0 Å². The molecule has 1 atom stereocenters. The van der Waals surface area contributed by atoms with Gasteiger partial charge in [-0.15, -0.1) is 0 Å². The van der Waals surface area contributed by atoms with E-state index >= 15 is 0 Å². The number of hydrogen-bond acceptors (Lipinski definition) is 4. The molecule has 1 aliphatic carbocycles. The summed E-state index contributed by atoms with van der Waals surface area (Å²) in [6, 6.07) is 10.6. The first kappa shape index (κ1) is 20.9. The molecule has 159 valence electrons. The first-order chi connectivity index (χ1) is 14.4. The summed E-state index contributed by atoms with van der Waals surface area (Å²) in [5.74, 6) is 0.724. The standard InChI is InChI=1S/C25H34N5/c1-25(2,3)14-4-5-16-29(21-11-6-9-19-10-8-15-27-24(19)21)17-20-18-30-22(26)12-7-13-23(30)28-20/h7-8,10,12-15,18,21H,4-6,9,11,16-17,26H2,1-3H3. The summed E-state index contributed by atoms with van der Waals surface area (Å²) in [5, 5.41) is 0. The lowest BCUT2D eigenvalue weighted by molar-refractivity contribution is 0.161. The minimum atomic E-state index is 0.267. The van der Waals surface area contributed by atoms with Crippen LogP contribution in [0.15, 0.2) is 42.7 Å². The van der Waals surface area contributed by atoms with Gasteiger partial charge in [-0.25, -0.2) is 4.98 Å². The molecule has 2 N–H and O–H groups in total. The van der Waals surface area contributed by atoms with Crippen LogP contribution in [0.25, 0.3) is 5.65 Å². The van der Waals surface area contributed by atoms with Crippen LogP contribution in [-0.4, -0.2) is 25.8 Å². The minimum Gasteiger partial charge on any atom is -0.385 e. The molecule has 0 saturated carbocycles. The number of nitrogens with two attached hydrogens (primary N) is 1. The molecule has 1 unspecified atom stereocenters. The van der Waals surface area contributed by atoms with Gasteiger partial charge in [0.2, 0.25) is 0 Å². The lowest BCUT2D eigenvalue weighted by Crippen LogP contribution is -2.33. The van der Waals surface area contributed by atoms with Crippen molar-refractivity contribution in [1.29, 1.82) is 0 Å². The van der Waals surface area contributed by atoms with Crippen LogP contribution in [0.2, 0.25) is 0 Å². The van der Waals surface area contributed by atoms with Crippen LogP contribution in [0.4, 0.5) is 5.82 Å². The lowest BCUT2D eigenvalue weighted by Gasteiger charge is -2.35. The molecular weight excluding hydrogens is 370 g/mol. The minimum absolute atomic E-state index is 0.267. The van der Waals surface area contributed by atoms with Crippen molar-refractivity contribution in [2.75, 3.05) is 12.3 Å². The van der Waals surface area contributed by atoms with Crippen LogP contribution in [0.3, 0.4) is 0 Å². The molecule has 0 amide bonds. The third-order valence-electron chi connectivity index (χ3n) is 5.95. The highest BCUT2D eigenvalue weighted by atomic mass is 15.2. The van der Waals surface area contributed by atoms with Crippen molar-refractivity contribution in [3.8, 4) is 0 Å². The third kappa shape index (κ3) is 4.84. The molecule has 3 aromatic heterocycles. The van der Waals surface area contributed by atoms with Crippen molar-refractivity contribution in [3.05, 3.63) is 66.1 Å². The fourth-order valence-corrected chi connectivity index (χ4v) is 4.48. The van der Waals surface area contributed by atoms with Crippen molar-refractivity contribution in [2.24, 2.45) is 5.41 Å². The molecule has 3 aromatic rings. The van der Waals surface area contributed by atoms with Gasteiger partial charge in [0.15, 0.2) is 0 Å². The summed E-state index contributed by atoms with van der Waals surface area (Å²) < 4.78 is 1.98. The first-order valence-corrected chi connectivity index (χ1v) is 11.2. The highest BCUT2D eigenvalue weighted by Crippen LogP contribution is 2.34. The first-order valence-electron chi connectivity index (χ1n) is 11.2. The average Bonchev–Trinajstić information content (AvgIpc) is 3.13. The van der Waals surface area contributed by atoms with Crippen LogP contribution in [0.5, 0.6) is 0 Å². The number of nitrogens with zero attached hydrogens (tertiary/aromatic N) is 4. The number of nitrogen functional groups attached to an aromatic ring is 1. The summed E-state index contributed by atoms with van der Waals surface area (Å²) in [4.78, 5) is 12.2. The number of unbranched alkanes of at least 4 members (excludes halogenated alkanes) is 1. The molecular formula is C25H34N5. The second-order valence-electron chi connectivity index (χ2n) is 9.55. The molecule has 30 heavy (non-hydrogen) atoms. The molecule has 5 heteroatoms. The smallest absolute Gasteiger partial charge is 0.138 e. The van der Waals surface area contributed by atoms with Gasteiger partial charge in [-0.05, 0) is 74.2 Å². The predicted molar refractivity (Wildman–Crippen MR) is 123 cm³/mol. The summed E-state index contributed by atoms with van der Waals surface area (Å²) >= 11 is 0. The van der Waals surface area contributed by atoms with Crippen LogP contribution in [-0.2, 0) is 13.0 Å². The van der Waals surface area contributed by atoms with E-state index in [0.717, 1.165) is 55.9 Å². The van der Waals surface area contributed by atoms with Crippen molar-refractivity contribution in [3.63, 3.8) is 0 Å². The van der Waals surface area contributed by atoms with Crippen molar-refractivity contribution < 1.29 is 0 Å². The Hall–Kier alpha value is -2.40. The molecule has 0 fully saturated rings. The van der Waals surface area contributed by atoms with Gasteiger partial charge in [0.25, 0.3) is 0 Å². The summed E-state index contributed by atoms with van der Waals surface area (Å²) in [5.41, 5.74) is 11.0. The van der Waals surface area contributed by atoms with E-state index in [9.17, 15) is 0 Å². The topological polar surface area (TPSA) is 59.5 Å². The lowest BCUT2D eigenvalue weighted by atomic mass is 9.89. The number of pyridine rings is 2. The van der Waals surface area contributed by atoms with Crippen LogP contribution in [0.1, 0.15) is 69.4 Å². The Kier molecular flexibility index (Phi) is 6.09. The van der Waals surface area contributed by atoms with E-state index in [4.69, 9.17) is 15.7 Å². The number of anilines is 1. The Bertz CT molecular complexity index is 985. The van der Waals surface area contributed by atoms with Gasteiger partial charge in [0, 0.05) is 18.9 Å². The number of hydrogen-bond donors (Lipinski definition) is 1. The number of fused-ring (bicyclic) bond motifs is 2. The zero-order valence-corrected chi connectivity index (χ0v) is 18.5. The zero-order chi connectivity index (χ0) is 21.1. The molecule has 3 heterocycles. The Balaban J connectivity index is 1.56. The maximum absolute atomic E-state index is 6.14. The van der Waals surface area contributed by atoms with E-state index in [-0.39, 0.29) is 5.41 Å². The van der Waals surface area contributed by atoms with Gasteiger partial charge < -0.3 is 5.73 Å². The van der Waals surface area contributed by atoms with E-state index < -0.39 is 0 Å². The Labute approximate surface area is 180 Å². The number of imidazole rings is 1. The second kappa shape index (κ2) is 8.76. The summed E-state index contributed by atoms with van der Waals surface area (Å²) in [6.07, 6.45) is 12.2. The van der Waals surface area contributed by atoms with Crippen molar-refractivity contribution >= 4 is 11.5 Å². The molecule has 0 aromatic carbocycles. The summed E-state index contributed by atoms with van der Waals surface area (Å²) in [7, 11) is 0. The fourth-order valence-electron chi connectivity index (χ4n) is 4.48. The molecule has 4 rings (SSSR count). The maximum atomic E-state index is 6.14. The zero-order valence-electron chi connectivity index (χ0n) is 18.5. The maximum Gasteiger partial charge on any atom is 0.138 e. The predicted octanol–water partition coefficient (Wildman–Crippen LogP) is 5.22. The quantitative estimate of drug-likeness (QED) is 0.548. The second-order valence-corrected chi connectivity index (χ2v) is 9.55. The normalized spacial score (nSPS) is 16.9. The Morgan fingerprint density at radius 1 is 1.23 bits per heavy atom. The van der Waals surface area contributed by atoms with Crippen LogP contribution in [0, 0.1) is 11.8 Å². The van der Waals surface area contributed by atoms with E-state index in [1.54, 1.807) is 0 Å². The molecule has 0 saturated heterocycles. The Morgan fingerprint density at radius 2 is 2.10 bits per heavy atom. The van der Waals surface area contributed by atoms with Crippen molar-refractivity contribution in [1.82, 2.24) is 19.3 Å². The molecule has 5 nitrogen and oxygen atoms in total. The average molecular weight is 405 g/mol. The molecule has 0 aliphatic heterocycles. The SMILES string of the molecule is CC(C)(C)[CH]CCCN(Cc1cn2c(N)cccc2n1)C1CCCc2cccnc21. The van der Waals surface area contributed by atoms with E-state index in [0.29, 0.717) is 6.04 Å². The highest BCUT2D eigenvalue weighted by Gasteiger charge is 2.27. The third-order valence-corrected chi connectivity index (χ3v) is 5.95. The molecule has 1 radical (unpaired) electrons. The van der Waals surface area contributed by atoms with Crippen molar-refractivity contribution in [2.45, 2.75) is 65.5 Å².